The highest BCUT2D eigenvalue weighted by molar-refractivity contribution is 5.56. The quantitative estimate of drug-likeness (QED) is 0.768. The normalized spacial score (nSPS) is 10.7. The zero-order valence-corrected chi connectivity index (χ0v) is 9.29. The fourth-order valence-electron chi connectivity index (χ4n) is 1.47. The Labute approximate surface area is 93.6 Å². The Hall–Kier alpha value is -1.97. The van der Waals surface area contributed by atoms with E-state index in [0.717, 1.165) is 11.3 Å². The molecule has 2 rings (SSSR count). The van der Waals surface area contributed by atoms with Gasteiger partial charge in [-0.3, -0.25) is 9.78 Å². The van der Waals surface area contributed by atoms with Crippen molar-refractivity contribution in [1.29, 1.82) is 0 Å². The van der Waals surface area contributed by atoms with E-state index in [2.05, 4.69) is 10.1 Å². The lowest BCUT2D eigenvalue weighted by Crippen LogP contribution is -2.23. The molecule has 0 aromatic carbocycles. The van der Waals surface area contributed by atoms with Gasteiger partial charge in [-0.1, -0.05) is 0 Å². The van der Waals surface area contributed by atoms with Crippen LogP contribution in [0.1, 0.15) is 19.9 Å². The van der Waals surface area contributed by atoms with Gasteiger partial charge in [0.25, 0.3) is 5.56 Å². The van der Waals surface area contributed by atoms with Crippen LogP contribution in [0.25, 0.3) is 11.3 Å². The van der Waals surface area contributed by atoms with E-state index in [0.29, 0.717) is 0 Å². The minimum atomic E-state index is -0.0761. The Morgan fingerprint density at radius 1 is 1.12 bits per heavy atom. The summed E-state index contributed by atoms with van der Waals surface area (Å²) in [6.07, 6.45) is 3.42. The molecule has 16 heavy (non-hydrogen) atoms. The highest BCUT2D eigenvalue weighted by atomic mass is 16.1. The van der Waals surface area contributed by atoms with E-state index in [4.69, 9.17) is 0 Å². The molecule has 0 aliphatic rings. The second-order valence-electron chi connectivity index (χ2n) is 3.83. The molecule has 0 aliphatic heterocycles. The molecule has 0 atom stereocenters. The van der Waals surface area contributed by atoms with Crippen molar-refractivity contribution >= 4 is 0 Å². The Balaban J connectivity index is 2.52. The molecule has 4 heteroatoms. The summed E-state index contributed by atoms with van der Waals surface area (Å²) < 4.78 is 1.48. The molecule has 4 nitrogen and oxygen atoms in total. The van der Waals surface area contributed by atoms with Crippen LogP contribution < -0.4 is 5.56 Å². The van der Waals surface area contributed by atoms with Crippen molar-refractivity contribution in [3.05, 3.63) is 47.0 Å². The van der Waals surface area contributed by atoms with Crippen LogP contribution in [0.5, 0.6) is 0 Å². The van der Waals surface area contributed by atoms with Crippen LogP contribution in [0.3, 0.4) is 0 Å². The molecule has 0 aliphatic carbocycles. The number of rotatable bonds is 2. The predicted octanol–water partition coefficient (Wildman–Crippen LogP) is 1.89. The zero-order chi connectivity index (χ0) is 11.5. The lowest BCUT2D eigenvalue weighted by atomic mass is 10.2. The molecule has 2 aromatic rings. The fraction of sp³-hybridized carbons (Fsp3) is 0.250. The number of hydrogen-bond donors (Lipinski definition) is 0. The van der Waals surface area contributed by atoms with Crippen LogP contribution in [0.2, 0.25) is 0 Å². The molecular formula is C12H13N3O. The second kappa shape index (κ2) is 4.26. The van der Waals surface area contributed by atoms with Gasteiger partial charge in [0, 0.05) is 24.0 Å². The van der Waals surface area contributed by atoms with Gasteiger partial charge in [-0.15, -0.1) is 0 Å². The molecular weight excluding hydrogens is 202 g/mol. The maximum absolute atomic E-state index is 11.5. The van der Waals surface area contributed by atoms with Gasteiger partial charge in [-0.2, -0.15) is 5.10 Å². The largest absolute Gasteiger partial charge is 0.268 e. The first kappa shape index (κ1) is 10.5. The smallest absolute Gasteiger partial charge is 0.267 e. The van der Waals surface area contributed by atoms with E-state index in [9.17, 15) is 4.79 Å². The summed E-state index contributed by atoms with van der Waals surface area (Å²) >= 11 is 0. The molecule has 0 saturated heterocycles. The number of pyridine rings is 1. The van der Waals surface area contributed by atoms with Crippen LogP contribution in [0, 0.1) is 0 Å². The first-order valence-corrected chi connectivity index (χ1v) is 5.19. The molecule has 82 valence electrons. The average molecular weight is 215 g/mol. The first-order chi connectivity index (χ1) is 7.68. The van der Waals surface area contributed by atoms with Crippen LogP contribution in [-0.4, -0.2) is 14.8 Å². The highest BCUT2D eigenvalue weighted by Crippen LogP contribution is 2.13. The van der Waals surface area contributed by atoms with Crippen LogP contribution in [-0.2, 0) is 0 Å². The minimum Gasteiger partial charge on any atom is -0.268 e. The van der Waals surface area contributed by atoms with Gasteiger partial charge in [0.2, 0.25) is 0 Å². The topological polar surface area (TPSA) is 47.8 Å². The summed E-state index contributed by atoms with van der Waals surface area (Å²) in [5.74, 6) is 0. The van der Waals surface area contributed by atoms with Gasteiger partial charge in [0.15, 0.2) is 0 Å². The Morgan fingerprint density at radius 2 is 1.81 bits per heavy atom. The van der Waals surface area contributed by atoms with Crippen LogP contribution in [0.15, 0.2) is 41.5 Å². The Bertz CT molecular complexity index is 531. The average Bonchev–Trinajstić information content (AvgIpc) is 2.30. The maximum Gasteiger partial charge on any atom is 0.267 e. The standard InChI is InChI=1S/C12H13N3O/c1-9(2)15-12(16)4-3-11(14-15)10-5-7-13-8-6-10/h3-9H,1-2H3. The molecule has 0 radical (unpaired) electrons. The van der Waals surface area contributed by atoms with Crippen molar-refractivity contribution in [3.63, 3.8) is 0 Å². The van der Waals surface area contributed by atoms with Crippen LogP contribution >= 0.6 is 0 Å². The summed E-state index contributed by atoms with van der Waals surface area (Å²) in [7, 11) is 0. The Kier molecular flexibility index (Phi) is 2.81. The molecule has 0 N–H and O–H groups in total. The number of nitrogens with zero attached hydrogens (tertiary/aromatic N) is 3. The van der Waals surface area contributed by atoms with E-state index >= 15 is 0 Å². The van der Waals surface area contributed by atoms with Crippen molar-refractivity contribution in [2.45, 2.75) is 19.9 Å². The van der Waals surface area contributed by atoms with Crippen molar-refractivity contribution in [3.8, 4) is 11.3 Å². The zero-order valence-electron chi connectivity index (χ0n) is 9.29. The molecule has 0 fully saturated rings. The third kappa shape index (κ3) is 2.00. The summed E-state index contributed by atoms with van der Waals surface area (Å²) in [5, 5.41) is 4.32. The SMILES string of the molecule is CC(C)n1nc(-c2ccncc2)ccc1=O. The first-order valence-electron chi connectivity index (χ1n) is 5.19. The summed E-state index contributed by atoms with van der Waals surface area (Å²) in [4.78, 5) is 15.5. The van der Waals surface area contributed by atoms with Gasteiger partial charge < -0.3 is 0 Å². The summed E-state index contributed by atoms with van der Waals surface area (Å²) in [6, 6.07) is 7.09. The monoisotopic (exact) mass is 215 g/mol. The molecule has 0 amide bonds. The van der Waals surface area contributed by atoms with E-state index in [1.54, 1.807) is 24.5 Å². The van der Waals surface area contributed by atoms with Gasteiger partial charge >= 0.3 is 0 Å². The third-order valence-electron chi connectivity index (χ3n) is 2.29. The van der Waals surface area contributed by atoms with E-state index in [1.807, 2.05) is 26.0 Å². The number of hydrogen-bond acceptors (Lipinski definition) is 3. The lowest BCUT2D eigenvalue weighted by Gasteiger charge is -2.09. The minimum absolute atomic E-state index is 0.0642. The fourth-order valence-corrected chi connectivity index (χ4v) is 1.47. The van der Waals surface area contributed by atoms with Gasteiger partial charge in [-0.05, 0) is 32.0 Å². The third-order valence-corrected chi connectivity index (χ3v) is 2.29. The highest BCUT2D eigenvalue weighted by Gasteiger charge is 2.05. The van der Waals surface area contributed by atoms with Gasteiger partial charge in [0.05, 0.1) is 11.7 Å². The van der Waals surface area contributed by atoms with Crippen LogP contribution in [0.4, 0.5) is 0 Å². The van der Waals surface area contributed by atoms with Gasteiger partial charge in [-0.25, -0.2) is 4.68 Å². The summed E-state index contributed by atoms with van der Waals surface area (Å²) in [6.45, 7) is 3.87. The van der Waals surface area contributed by atoms with E-state index < -0.39 is 0 Å². The van der Waals surface area contributed by atoms with Crippen molar-refractivity contribution in [1.82, 2.24) is 14.8 Å². The lowest BCUT2D eigenvalue weighted by molar-refractivity contribution is 0.505. The molecule has 0 unspecified atom stereocenters. The molecule has 0 bridgehead atoms. The van der Waals surface area contributed by atoms with Gasteiger partial charge in [0.1, 0.15) is 0 Å². The van der Waals surface area contributed by atoms with E-state index in [1.165, 1.54) is 4.68 Å². The predicted molar refractivity (Wildman–Crippen MR) is 62.1 cm³/mol. The Morgan fingerprint density at radius 3 is 2.44 bits per heavy atom. The number of aromatic nitrogens is 3. The van der Waals surface area contributed by atoms with Crippen molar-refractivity contribution in [2.24, 2.45) is 0 Å². The maximum atomic E-state index is 11.5. The summed E-state index contributed by atoms with van der Waals surface area (Å²) in [5.41, 5.74) is 1.67. The van der Waals surface area contributed by atoms with E-state index in [-0.39, 0.29) is 11.6 Å². The molecule has 2 heterocycles. The van der Waals surface area contributed by atoms with Crippen molar-refractivity contribution < 1.29 is 0 Å². The second-order valence-corrected chi connectivity index (χ2v) is 3.83. The molecule has 0 saturated carbocycles. The van der Waals surface area contributed by atoms with Crippen molar-refractivity contribution in [2.75, 3.05) is 0 Å². The molecule has 0 spiro atoms. The molecule has 2 aromatic heterocycles.